The largest absolute Gasteiger partial charge is 0.481 e. The smallest absolute Gasteiger partial charge is 0.311 e. The summed E-state index contributed by atoms with van der Waals surface area (Å²) in [4.78, 5) is 25.5. The highest BCUT2D eigenvalue weighted by atomic mass is 16.4. The number of carbonyl (C=O) groups excluding carboxylic acids is 1. The van der Waals surface area contributed by atoms with Crippen LogP contribution in [0.4, 0.5) is 0 Å². The van der Waals surface area contributed by atoms with Crippen molar-refractivity contribution in [2.45, 2.75) is 32.2 Å². The van der Waals surface area contributed by atoms with E-state index in [9.17, 15) is 14.7 Å². The minimum atomic E-state index is -0.698. The summed E-state index contributed by atoms with van der Waals surface area (Å²) in [5, 5.41) is 12.3. The van der Waals surface area contributed by atoms with E-state index in [0.29, 0.717) is 13.1 Å². The summed E-state index contributed by atoms with van der Waals surface area (Å²) in [6, 6.07) is -0.276. The van der Waals surface area contributed by atoms with Crippen LogP contribution in [0.25, 0.3) is 0 Å². The fraction of sp³-hybridized carbons (Fsp3) is 0.714. The van der Waals surface area contributed by atoms with Crippen molar-refractivity contribution < 1.29 is 14.7 Å². The number of likely N-dealkylation sites (tertiary alicyclic amines) is 1. The number of fused-ring (bicyclic) bond motifs is 1. The van der Waals surface area contributed by atoms with Gasteiger partial charge in [-0.05, 0) is 25.7 Å². The second-order valence-electron chi connectivity index (χ2n) is 5.69. The monoisotopic (exact) mass is 266 g/mol. The fourth-order valence-corrected chi connectivity index (χ4v) is 3.46. The van der Waals surface area contributed by atoms with Crippen molar-refractivity contribution in [1.82, 2.24) is 10.2 Å². The van der Waals surface area contributed by atoms with Crippen molar-refractivity contribution in [2.75, 3.05) is 19.6 Å². The maximum atomic E-state index is 11.9. The van der Waals surface area contributed by atoms with Gasteiger partial charge in [0.25, 0.3) is 0 Å². The van der Waals surface area contributed by atoms with E-state index in [4.69, 9.17) is 0 Å². The van der Waals surface area contributed by atoms with Crippen LogP contribution < -0.4 is 5.32 Å². The molecule has 1 aliphatic carbocycles. The highest BCUT2D eigenvalue weighted by Crippen LogP contribution is 2.49. The summed E-state index contributed by atoms with van der Waals surface area (Å²) in [6.07, 6.45) is 4.33. The van der Waals surface area contributed by atoms with Gasteiger partial charge in [-0.2, -0.15) is 0 Å². The molecule has 2 aliphatic rings. The first kappa shape index (κ1) is 14.1. The number of hydrogen-bond acceptors (Lipinski definition) is 3. The number of nitrogens with zero attached hydrogens (tertiary/aromatic N) is 1. The third kappa shape index (κ3) is 2.39. The molecule has 106 valence electrons. The Labute approximate surface area is 113 Å². The van der Waals surface area contributed by atoms with Crippen LogP contribution in [0.15, 0.2) is 12.7 Å². The van der Waals surface area contributed by atoms with Crippen molar-refractivity contribution >= 4 is 11.9 Å². The topological polar surface area (TPSA) is 69.6 Å². The van der Waals surface area contributed by atoms with Crippen molar-refractivity contribution in [1.29, 1.82) is 0 Å². The quantitative estimate of drug-likeness (QED) is 0.724. The average molecular weight is 266 g/mol. The summed E-state index contributed by atoms with van der Waals surface area (Å²) in [6.45, 7) is 7.07. The molecule has 0 bridgehead atoms. The van der Waals surface area contributed by atoms with Crippen molar-refractivity contribution in [2.24, 2.45) is 11.3 Å². The Morgan fingerprint density at radius 2 is 2.37 bits per heavy atom. The first-order chi connectivity index (χ1) is 9.01. The normalized spacial score (nSPS) is 31.7. The van der Waals surface area contributed by atoms with E-state index in [1.165, 1.54) is 0 Å². The maximum absolute atomic E-state index is 11.9. The van der Waals surface area contributed by atoms with Crippen molar-refractivity contribution in [3.63, 3.8) is 0 Å². The third-order valence-corrected chi connectivity index (χ3v) is 4.67. The Balaban J connectivity index is 2.03. The van der Waals surface area contributed by atoms with Gasteiger partial charge < -0.3 is 10.4 Å². The Morgan fingerprint density at radius 1 is 1.63 bits per heavy atom. The summed E-state index contributed by atoms with van der Waals surface area (Å²) in [7, 11) is 0. The summed E-state index contributed by atoms with van der Waals surface area (Å²) in [5.41, 5.74) is -0.618. The van der Waals surface area contributed by atoms with Gasteiger partial charge in [-0.15, -0.1) is 6.58 Å². The van der Waals surface area contributed by atoms with Crippen molar-refractivity contribution in [3.05, 3.63) is 12.7 Å². The molecule has 5 heteroatoms. The van der Waals surface area contributed by atoms with Gasteiger partial charge in [-0.25, -0.2) is 0 Å². The third-order valence-electron chi connectivity index (χ3n) is 4.67. The van der Waals surface area contributed by atoms with Crippen LogP contribution >= 0.6 is 0 Å². The summed E-state index contributed by atoms with van der Waals surface area (Å²) < 4.78 is 0. The van der Waals surface area contributed by atoms with Gasteiger partial charge in [0.15, 0.2) is 0 Å². The molecule has 1 saturated heterocycles. The molecule has 3 atom stereocenters. The summed E-state index contributed by atoms with van der Waals surface area (Å²) in [5.74, 6) is -0.559. The zero-order valence-corrected chi connectivity index (χ0v) is 11.4. The molecule has 1 saturated carbocycles. The van der Waals surface area contributed by atoms with Crippen LogP contribution in [-0.4, -0.2) is 47.6 Å². The molecule has 2 N–H and O–H groups in total. The van der Waals surface area contributed by atoms with E-state index in [2.05, 4.69) is 11.9 Å². The molecule has 1 aliphatic heterocycles. The highest BCUT2D eigenvalue weighted by Gasteiger charge is 2.55. The predicted octanol–water partition coefficient (Wildman–Crippen LogP) is 0.864. The van der Waals surface area contributed by atoms with E-state index < -0.39 is 11.4 Å². The molecule has 0 aromatic heterocycles. The first-order valence-electron chi connectivity index (χ1n) is 6.87. The minimum Gasteiger partial charge on any atom is -0.481 e. The lowest BCUT2D eigenvalue weighted by Gasteiger charge is -2.26. The molecule has 0 spiro atoms. The summed E-state index contributed by atoms with van der Waals surface area (Å²) >= 11 is 0. The number of nitrogens with one attached hydrogen (secondary N) is 1. The second-order valence-corrected chi connectivity index (χ2v) is 5.69. The zero-order chi connectivity index (χ0) is 14.0. The van der Waals surface area contributed by atoms with Gasteiger partial charge in [0.05, 0.1) is 11.5 Å². The average Bonchev–Trinajstić information content (AvgIpc) is 2.92. The van der Waals surface area contributed by atoms with Gasteiger partial charge >= 0.3 is 5.97 Å². The second kappa shape index (κ2) is 5.33. The van der Waals surface area contributed by atoms with E-state index in [0.717, 1.165) is 25.8 Å². The lowest BCUT2D eigenvalue weighted by Crippen LogP contribution is -2.45. The minimum absolute atomic E-state index is 0.0552. The molecular weight excluding hydrogens is 244 g/mol. The Morgan fingerprint density at radius 3 is 2.95 bits per heavy atom. The molecule has 0 aromatic carbocycles. The van der Waals surface area contributed by atoms with Crippen LogP contribution in [0.3, 0.4) is 0 Å². The maximum Gasteiger partial charge on any atom is 0.311 e. The van der Waals surface area contributed by atoms with Crippen LogP contribution in [0.2, 0.25) is 0 Å². The van der Waals surface area contributed by atoms with Gasteiger partial charge in [-0.1, -0.05) is 12.5 Å². The van der Waals surface area contributed by atoms with Crippen molar-refractivity contribution in [3.8, 4) is 0 Å². The standard InChI is InChI=1S/C14H22N2O3/c1-3-7-15-12(17)10(2)16-8-11-5-4-6-14(11,9-16)13(18)19/h3,10-11H,1,4-9H2,2H3,(H,15,17)(H,18,19)/t10?,11-,14+/m0/s1. The molecule has 1 amide bonds. The molecule has 19 heavy (non-hydrogen) atoms. The predicted molar refractivity (Wildman–Crippen MR) is 71.7 cm³/mol. The number of carbonyl (C=O) groups is 2. The number of carboxylic acid groups (broad SMARTS) is 1. The molecule has 5 nitrogen and oxygen atoms in total. The van der Waals surface area contributed by atoms with Crippen LogP contribution in [0.1, 0.15) is 26.2 Å². The Hall–Kier alpha value is -1.36. The van der Waals surface area contributed by atoms with Crippen LogP contribution in [-0.2, 0) is 9.59 Å². The number of hydrogen-bond donors (Lipinski definition) is 2. The first-order valence-corrected chi connectivity index (χ1v) is 6.87. The Bertz CT molecular complexity index is 396. The lowest BCUT2D eigenvalue weighted by atomic mass is 9.81. The highest BCUT2D eigenvalue weighted by molar-refractivity contribution is 5.82. The van der Waals surface area contributed by atoms with Gasteiger partial charge in [0, 0.05) is 19.6 Å². The fourth-order valence-electron chi connectivity index (χ4n) is 3.46. The van der Waals surface area contributed by atoms with Gasteiger partial charge in [0.2, 0.25) is 5.91 Å². The zero-order valence-electron chi connectivity index (χ0n) is 11.4. The number of carboxylic acids is 1. The number of amides is 1. The van der Waals surface area contributed by atoms with E-state index in [-0.39, 0.29) is 17.9 Å². The molecule has 2 rings (SSSR count). The van der Waals surface area contributed by atoms with Crippen LogP contribution in [0, 0.1) is 11.3 Å². The molecular formula is C14H22N2O3. The molecule has 1 heterocycles. The number of rotatable bonds is 5. The van der Waals surface area contributed by atoms with Gasteiger partial charge in [0.1, 0.15) is 0 Å². The number of aliphatic carboxylic acids is 1. The van der Waals surface area contributed by atoms with Gasteiger partial charge in [-0.3, -0.25) is 14.5 Å². The molecule has 0 aromatic rings. The molecule has 1 unspecified atom stereocenters. The van der Waals surface area contributed by atoms with E-state index in [1.807, 2.05) is 11.8 Å². The van der Waals surface area contributed by atoms with E-state index >= 15 is 0 Å². The molecule has 2 fully saturated rings. The van der Waals surface area contributed by atoms with Crippen LogP contribution in [0.5, 0.6) is 0 Å². The molecule has 0 radical (unpaired) electrons. The Kier molecular flexibility index (Phi) is 3.94. The lowest BCUT2D eigenvalue weighted by molar-refractivity contribution is -0.149. The SMILES string of the molecule is C=CCNC(=O)C(C)N1C[C@@H]2CCC[C@@]2(C(=O)O)C1. The van der Waals surface area contributed by atoms with E-state index in [1.54, 1.807) is 6.08 Å².